The Hall–Kier alpha value is -2.67. The summed E-state index contributed by atoms with van der Waals surface area (Å²) in [7, 11) is 4.72. The molecule has 1 saturated heterocycles. The van der Waals surface area contributed by atoms with E-state index in [-0.39, 0.29) is 11.9 Å². The van der Waals surface area contributed by atoms with Gasteiger partial charge in [0.1, 0.15) is 0 Å². The predicted molar refractivity (Wildman–Crippen MR) is 102 cm³/mol. The smallest absolute Gasteiger partial charge is 0.234 e. The first-order valence-electron chi connectivity index (χ1n) is 9.09. The van der Waals surface area contributed by atoms with Gasteiger partial charge in [0, 0.05) is 18.4 Å². The molecule has 7 nitrogen and oxygen atoms in total. The SMILES string of the molecule is COc1cc(CNC(=O)CN2CCCC2c2ccc[nH]2)cc(OC)c1OC. The van der Waals surface area contributed by atoms with E-state index in [1.165, 1.54) is 5.69 Å². The molecule has 1 unspecified atom stereocenters. The molecule has 1 fully saturated rings. The van der Waals surface area contributed by atoms with Crippen LogP contribution in [0.15, 0.2) is 30.5 Å². The number of rotatable bonds is 8. The summed E-state index contributed by atoms with van der Waals surface area (Å²) >= 11 is 0. The molecule has 27 heavy (non-hydrogen) atoms. The molecule has 1 atom stereocenters. The Bertz CT molecular complexity index is 736. The van der Waals surface area contributed by atoms with Crippen LogP contribution in [0, 0.1) is 0 Å². The van der Waals surface area contributed by atoms with Crippen LogP contribution < -0.4 is 19.5 Å². The van der Waals surface area contributed by atoms with Crippen molar-refractivity contribution >= 4 is 5.91 Å². The first-order valence-corrected chi connectivity index (χ1v) is 9.09. The largest absolute Gasteiger partial charge is 0.493 e. The number of H-pyrrole nitrogens is 1. The Morgan fingerprint density at radius 1 is 1.22 bits per heavy atom. The molecule has 2 heterocycles. The molecule has 0 spiro atoms. The van der Waals surface area contributed by atoms with Gasteiger partial charge >= 0.3 is 0 Å². The van der Waals surface area contributed by atoms with Gasteiger partial charge in [0.05, 0.1) is 33.9 Å². The molecule has 7 heteroatoms. The molecule has 0 radical (unpaired) electrons. The van der Waals surface area contributed by atoms with Gasteiger partial charge in [-0.25, -0.2) is 0 Å². The third-order valence-corrected chi connectivity index (χ3v) is 4.91. The number of ether oxygens (including phenoxy) is 3. The second-order valence-electron chi connectivity index (χ2n) is 6.56. The van der Waals surface area contributed by atoms with E-state index >= 15 is 0 Å². The molecule has 0 bridgehead atoms. The van der Waals surface area contributed by atoms with E-state index in [4.69, 9.17) is 14.2 Å². The van der Waals surface area contributed by atoms with Crippen LogP contribution in [0.5, 0.6) is 17.2 Å². The molecule has 1 aliphatic rings. The van der Waals surface area contributed by atoms with Gasteiger partial charge in [0.15, 0.2) is 11.5 Å². The van der Waals surface area contributed by atoms with Crippen molar-refractivity contribution in [2.75, 3.05) is 34.4 Å². The maximum Gasteiger partial charge on any atom is 0.234 e. The molecule has 2 aromatic rings. The van der Waals surface area contributed by atoms with Crippen molar-refractivity contribution in [2.45, 2.75) is 25.4 Å². The number of carbonyl (C=O) groups is 1. The van der Waals surface area contributed by atoms with Crippen molar-refractivity contribution in [3.05, 3.63) is 41.7 Å². The van der Waals surface area contributed by atoms with Gasteiger partial charge in [-0.1, -0.05) is 0 Å². The normalized spacial score (nSPS) is 16.9. The number of amides is 1. The fraction of sp³-hybridized carbons (Fsp3) is 0.450. The summed E-state index contributed by atoms with van der Waals surface area (Å²) in [5.41, 5.74) is 2.06. The van der Waals surface area contributed by atoms with Crippen molar-refractivity contribution in [3.63, 3.8) is 0 Å². The minimum atomic E-state index is 0.00204. The highest BCUT2D eigenvalue weighted by Gasteiger charge is 2.28. The van der Waals surface area contributed by atoms with Crippen molar-refractivity contribution < 1.29 is 19.0 Å². The lowest BCUT2D eigenvalue weighted by atomic mass is 10.1. The molecule has 0 saturated carbocycles. The number of nitrogens with zero attached hydrogens (tertiary/aromatic N) is 1. The lowest BCUT2D eigenvalue weighted by molar-refractivity contribution is -0.122. The molecular formula is C20H27N3O4. The monoisotopic (exact) mass is 373 g/mol. The number of hydrogen-bond acceptors (Lipinski definition) is 5. The predicted octanol–water partition coefficient (Wildman–Crippen LogP) is 2.49. The standard InChI is InChI=1S/C20H27N3O4/c1-25-17-10-14(11-18(26-2)20(17)27-3)12-22-19(24)13-23-9-5-7-16(23)15-6-4-8-21-15/h4,6,8,10-11,16,21H,5,7,9,12-13H2,1-3H3,(H,22,24). The van der Waals surface area contributed by atoms with Gasteiger partial charge < -0.3 is 24.5 Å². The molecule has 146 valence electrons. The number of methoxy groups -OCH3 is 3. The van der Waals surface area contributed by atoms with Crippen molar-refractivity contribution in [1.29, 1.82) is 0 Å². The van der Waals surface area contributed by atoms with E-state index in [0.717, 1.165) is 24.9 Å². The van der Waals surface area contributed by atoms with Crippen LogP contribution in [0.2, 0.25) is 0 Å². The third-order valence-electron chi connectivity index (χ3n) is 4.91. The summed E-state index contributed by atoms with van der Waals surface area (Å²) in [5.74, 6) is 1.70. The Labute approximate surface area is 159 Å². The summed E-state index contributed by atoms with van der Waals surface area (Å²) in [5, 5.41) is 2.99. The highest BCUT2D eigenvalue weighted by molar-refractivity contribution is 5.78. The number of nitrogens with one attached hydrogen (secondary N) is 2. The zero-order valence-electron chi connectivity index (χ0n) is 16.1. The summed E-state index contributed by atoms with van der Waals surface area (Å²) in [6.07, 6.45) is 4.10. The van der Waals surface area contributed by atoms with Crippen LogP contribution >= 0.6 is 0 Å². The first-order chi connectivity index (χ1) is 13.2. The average Bonchev–Trinajstić information content (AvgIpc) is 3.36. The number of aromatic amines is 1. The second-order valence-corrected chi connectivity index (χ2v) is 6.56. The molecule has 3 rings (SSSR count). The Balaban J connectivity index is 1.60. The zero-order valence-corrected chi connectivity index (χ0v) is 16.1. The summed E-state index contributed by atoms with van der Waals surface area (Å²) < 4.78 is 16.0. The van der Waals surface area contributed by atoms with E-state index in [0.29, 0.717) is 30.3 Å². The van der Waals surface area contributed by atoms with Crippen molar-refractivity contribution in [1.82, 2.24) is 15.2 Å². The fourth-order valence-electron chi connectivity index (χ4n) is 3.60. The van der Waals surface area contributed by atoms with Gasteiger partial charge in [0.2, 0.25) is 11.7 Å². The zero-order chi connectivity index (χ0) is 19.2. The lowest BCUT2D eigenvalue weighted by Gasteiger charge is -2.23. The third kappa shape index (κ3) is 4.36. The molecule has 0 aliphatic carbocycles. The van der Waals surface area contributed by atoms with E-state index in [1.54, 1.807) is 21.3 Å². The van der Waals surface area contributed by atoms with Crippen LogP contribution in [0.1, 0.15) is 30.1 Å². The minimum Gasteiger partial charge on any atom is -0.493 e. The minimum absolute atomic E-state index is 0.00204. The lowest BCUT2D eigenvalue weighted by Crippen LogP contribution is -2.36. The fourth-order valence-corrected chi connectivity index (χ4v) is 3.60. The summed E-state index contributed by atoms with van der Waals surface area (Å²) in [4.78, 5) is 18.0. The van der Waals surface area contributed by atoms with Gasteiger partial charge in [-0.2, -0.15) is 0 Å². The Kier molecular flexibility index (Phi) is 6.24. The van der Waals surface area contributed by atoms with Crippen LogP contribution in [0.3, 0.4) is 0 Å². The van der Waals surface area contributed by atoms with E-state index in [1.807, 2.05) is 24.4 Å². The van der Waals surface area contributed by atoms with E-state index in [9.17, 15) is 4.79 Å². The second kappa shape index (κ2) is 8.81. The number of aromatic nitrogens is 1. The Morgan fingerprint density at radius 3 is 2.56 bits per heavy atom. The number of carbonyl (C=O) groups excluding carboxylic acids is 1. The molecular weight excluding hydrogens is 346 g/mol. The number of likely N-dealkylation sites (tertiary alicyclic amines) is 1. The first kappa shape index (κ1) is 19.1. The topological polar surface area (TPSA) is 75.8 Å². The molecule has 2 N–H and O–H groups in total. The van der Waals surface area contributed by atoms with Crippen LogP contribution in [-0.2, 0) is 11.3 Å². The van der Waals surface area contributed by atoms with Crippen molar-refractivity contribution in [3.8, 4) is 17.2 Å². The van der Waals surface area contributed by atoms with Gasteiger partial charge in [-0.05, 0) is 49.2 Å². The summed E-state index contributed by atoms with van der Waals surface area (Å²) in [6, 6.07) is 8.05. The van der Waals surface area contributed by atoms with E-state index < -0.39 is 0 Å². The maximum absolute atomic E-state index is 12.5. The summed E-state index contributed by atoms with van der Waals surface area (Å²) in [6.45, 7) is 1.71. The van der Waals surface area contributed by atoms with E-state index in [2.05, 4.69) is 21.3 Å². The van der Waals surface area contributed by atoms with Crippen LogP contribution in [-0.4, -0.2) is 50.2 Å². The number of hydrogen-bond donors (Lipinski definition) is 2. The number of benzene rings is 1. The highest BCUT2D eigenvalue weighted by Crippen LogP contribution is 2.38. The quantitative estimate of drug-likeness (QED) is 0.744. The molecule has 1 amide bonds. The molecule has 1 aliphatic heterocycles. The average molecular weight is 373 g/mol. The highest BCUT2D eigenvalue weighted by atomic mass is 16.5. The van der Waals surface area contributed by atoms with Crippen LogP contribution in [0.4, 0.5) is 0 Å². The van der Waals surface area contributed by atoms with Crippen LogP contribution in [0.25, 0.3) is 0 Å². The molecule has 1 aromatic carbocycles. The Morgan fingerprint density at radius 2 is 1.96 bits per heavy atom. The molecule has 1 aromatic heterocycles. The van der Waals surface area contributed by atoms with Gasteiger partial charge in [-0.15, -0.1) is 0 Å². The van der Waals surface area contributed by atoms with Gasteiger partial charge in [-0.3, -0.25) is 9.69 Å². The maximum atomic E-state index is 12.5. The van der Waals surface area contributed by atoms with Crippen molar-refractivity contribution in [2.24, 2.45) is 0 Å². The van der Waals surface area contributed by atoms with Gasteiger partial charge in [0.25, 0.3) is 0 Å².